The molecule has 0 aromatic carbocycles. The molecule has 2 aliphatic rings. The van der Waals surface area contributed by atoms with Gasteiger partial charge in [-0.3, -0.25) is 9.59 Å². The molecule has 2 aliphatic carbocycles. The average Bonchev–Trinajstić information content (AvgIpc) is 2.96. The van der Waals surface area contributed by atoms with Crippen LogP contribution in [0.2, 0.25) is 0 Å². The maximum atomic E-state index is 11.5. The van der Waals surface area contributed by atoms with Gasteiger partial charge >= 0.3 is 5.97 Å². The molecule has 1 amide bonds. The Balaban J connectivity index is 1.59. The van der Waals surface area contributed by atoms with E-state index in [0.717, 1.165) is 6.42 Å². The number of carboxylic acid groups (broad SMARTS) is 1. The Morgan fingerprint density at radius 3 is 2.59 bits per heavy atom. The zero-order valence-corrected chi connectivity index (χ0v) is 9.85. The molecule has 2 N–H and O–H groups in total. The van der Waals surface area contributed by atoms with E-state index < -0.39 is 5.97 Å². The largest absolute Gasteiger partial charge is 0.481 e. The Labute approximate surface area is 101 Å². The third kappa shape index (κ3) is 4.00. The number of hydrogen-bond acceptors (Lipinski definition) is 3. The summed E-state index contributed by atoms with van der Waals surface area (Å²) in [6.45, 7) is 0.778. The van der Waals surface area contributed by atoms with E-state index in [9.17, 15) is 9.59 Å². The van der Waals surface area contributed by atoms with Crippen LogP contribution < -0.4 is 5.32 Å². The molecule has 17 heavy (non-hydrogen) atoms. The van der Waals surface area contributed by atoms with Crippen molar-refractivity contribution in [1.29, 1.82) is 0 Å². The molecule has 0 bridgehead atoms. The predicted molar refractivity (Wildman–Crippen MR) is 60.5 cm³/mol. The van der Waals surface area contributed by atoms with Crippen LogP contribution in [-0.2, 0) is 14.3 Å². The highest BCUT2D eigenvalue weighted by molar-refractivity contribution is 5.78. The number of carbonyl (C=O) groups excluding carboxylic acids is 1. The molecule has 5 heteroatoms. The number of hydrogen-bond donors (Lipinski definition) is 2. The van der Waals surface area contributed by atoms with Crippen LogP contribution in [0.3, 0.4) is 0 Å². The molecule has 2 fully saturated rings. The number of amides is 1. The van der Waals surface area contributed by atoms with Gasteiger partial charge in [-0.15, -0.1) is 0 Å². The highest BCUT2D eigenvalue weighted by atomic mass is 16.5. The minimum absolute atomic E-state index is 0.00752. The van der Waals surface area contributed by atoms with Gasteiger partial charge in [-0.05, 0) is 38.0 Å². The lowest BCUT2D eigenvalue weighted by Gasteiger charge is -2.12. The SMILES string of the molecule is O=C(COCC1CC1)N[C@@H]1CC[C@H](C(=O)O)C1. The maximum Gasteiger partial charge on any atom is 0.306 e. The fourth-order valence-corrected chi connectivity index (χ4v) is 2.21. The lowest BCUT2D eigenvalue weighted by molar-refractivity contribution is -0.141. The number of nitrogens with one attached hydrogen (secondary N) is 1. The van der Waals surface area contributed by atoms with E-state index in [1.807, 2.05) is 0 Å². The van der Waals surface area contributed by atoms with Crippen LogP contribution in [0.4, 0.5) is 0 Å². The molecular weight excluding hydrogens is 222 g/mol. The Kier molecular flexibility index (Phi) is 3.99. The molecule has 0 aromatic rings. The molecule has 0 spiro atoms. The van der Waals surface area contributed by atoms with Crippen molar-refractivity contribution in [3.8, 4) is 0 Å². The monoisotopic (exact) mass is 241 g/mol. The van der Waals surface area contributed by atoms with Gasteiger partial charge in [0.2, 0.25) is 5.91 Å². The second kappa shape index (κ2) is 5.49. The highest BCUT2D eigenvalue weighted by Gasteiger charge is 2.30. The first-order valence-corrected chi connectivity index (χ1v) is 6.25. The van der Waals surface area contributed by atoms with Crippen molar-refractivity contribution < 1.29 is 19.4 Å². The molecule has 0 aromatic heterocycles. The van der Waals surface area contributed by atoms with E-state index >= 15 is 0 Å². The van der Waals surface area contributed by atoms with E-state index in [-0.39, 0.29) is 24.5 Å². The summed E-state index contributed by atoms with van der Waals surface area (Å²) in [6, 6.07) is 0.00752. The van der Waals surface area contributed by atoms with Crippen LogP contribution in [-0.4, -0.2) is 36.2 Å². The molecule has 0 unspecified atom stereocenters. The van der Waals surface area contributed by atoms with Crippen molar-refractivity contribution in [2.45, 2.75) is 38.1 Å². The topological polar surface area (TPSA) is 75.6 Å². The quantitative estimate of drug-likeness (QED) is 0.720. The van der Waals surface area contributed by atoms with Gasteiger partial charge in [0.05, 0.1) is 12.5 Å². The van der Waals surface area contributed by atoms with E-state index in [1.165, 1.54) is 12.8 Å². The van der Waals surface area contributed by atoms with Gasteiger partial charge in [0.1, 0.15) is 6.61 Å². The maximum absolute atomic E-state index is 11.5. The normalized spacial score (nSPS) is 28.0. The van der Waals surface area contributed by atoms with Gasteiger partial charge in [0, 0.05) is 6.04 Å². The third-order valence-corrected chi connectivity index (χ3v) is 3.43. The van der Waals surface area contributed by atoms with Crippen molar-refractivity contribution in [3.05, 3.63) is 0 Å². The summed E-state index contributed by atoms with van der Waals surface area (Å²) in [4.78, 5) is 22.2. The van der Waals surface area contributed by atoms with E-state index in [2.05, 4.69) is 5.32 Å². The minimum atomic E-state index is -0.758. The van der Waals surface area contributed by atoms with Gasteiger partial charge in [-0.25, -0.2) is 0 Å². The first-order valence-electron chi connectivity index (χ1n) is 6.25. The Morgan fingerprint density at radius 1 is 1.24 bits per heavy atom. The van der Waals surface area contributed by atoms with E-state index in [0.29, 0.717) is 25.4 Å². The molecule has 0 aliphatic heterocycles. The first-order chi connectivity index (χ1) is 8.15. The number of aliphatic carboxylic acids is 1. The summed E-state index contributed by atoms with van der Waals surface area (Å²) in [7, 11) is 0. The number of rotatable bonds is 6. The van der Waals surface area contributed by atoms with Crippen LogP contribution >= 0.6 is 0 Å². The third-order valence-electron chi connectivity index (χ3n) is 3.43. The standard InChI is InChI=1S/C12H19NO4/c14-11(7-17-6-8-1-2-8)13-10-4-3-9(5-10)12(15)16/h8-10H,1-7H2,(H,13,14)(H,15,16)/t9-,10+/m0/s1. The van der Waals surface area contributed by atoms with Crippen LogP contribution in [0.5, 0.6) is 0 Å². The molecule has 2 rings (SSSR count). The van der Waals surface area contributed by atoms with Gasteiger partial charge in [-0.2, -0.15) is 0 Å². The molecule has 96 valence electrons. The fourth-order valence-electron chi connectivity index (χ4n) is 2.21. The summed E-state index contributed by atoms with van der Waals surface area (Å²) in [5.41, 5.74) is 0. The number of ether oxygens (including phenoxy) is 1. The molecule has 5 nitrogen and oxygen atoms in total. The second-order valence-corrected chi connectivity index (χ2v) is 5.07. The van der Waals surface area contributed by atoms with Crippen LogP contribution in [0.25, 0.3) is 0 Å². The van der Waals surface area contributed by atoms with Crippen molar-refractivity contribution in [2.75, 3.05) is 13.2 Å². The second-order valence-electron chi connectivity index (χ2n) is 5.07. The first kappa shape index (κ1) is 12.4. The molecule has 0 saturated heterocycles. The molecular formula is C12H19NO4. The predicted octanol–water partition coefficient (Wildman–Crippen LogP) is 0.782. The lowest BCUT2D eigenvalue weighted by Crippen LogP contribution is -2.36. The number of carboxylic acids is 1. The number of carbonyl (C=O) groups is 2. The highest BCUT2D eigenvalue weighted by Crippen LogP contribution is 2.28. The Bertz CT molecular complexity index is 301. The molecule has 0 heterocycles. The summed E-state index contributed by atoms with van der Waals surface area (Å²) in [5, 5.41) is 11.7. The zero-order valence-electron chi connectivity index (χ0n) is 9.85. The molecule has 2 atom stereocenters. The summed E-state index contributed by atoms with van der Waals surface area (Å²) < 4.78 is 5.28. The summed E-state index contributed by atoms with van der Waals surface area (Å²) in [6.07, 6.45) is 4.38. The molecule has 0 radical (unpaired) electrons. The van der Waals surface area contributed by atoms with Crippen LogP contribution in [0, 0.1) is 11.8 Å². The Morgan fingerprint density at radius 2 is 2.00 bits per heavy atom. The van der Waals surface area contributed by atoms with Gasteiger partial charge in [-0.1, -0.05) is 0 Å². The molecule has 2 saturated carbocycles. The average molecular weight is 241 g/mol. The van der Waals surface area contributed by atoms with E-state index in [4.69, 9.17) is 9.84 Å². The van der Waals surface area contributed by atoms with Gasteiger partial charge in [0.25, 0.3) is 0 Å². The van der Waals surface area contributed by atoms with Crippen molar-refractivity contribution in [2.24, 2.45) is 11.8 Å². The van der Waals surface area contributed by atoms with Gasteiger partial charge < -0.3 is 15.2 Å². The Hall–Kier alpha value is -1.10. The summed E-state index contributed by atoms with van der Waals surface area (Å²) in [5.74, 6) is -0.522. The fraction of sp³-hybridized carbons (Fsp3) is 0.833. The lowest BCUT2D eigenvalue weighted by atomic mass is 10.1. The van der Waals surface area contributed by atoms with Crippen molar-refractivity contribution in [1.82, 2.24) is 5.32 Å². The van der Waals surface area contributed by atoms with Crippen LogP contribution in [0.15, 0.2) is 0 Å². The van der Waals surface area contributed by atoms with Crippen molar-refractivity contribution >= 4 is 11.9 Å². The summed E-state index contributed by atoms with van der Waals surface area (Å²) >= 11 is 0. The van der Waals surface area contributed by atoms with Crippen molar-refractivity contribution in [3.63, 3.8) is 0 Å². The smallest absolute Gasteiger partial charge is 0.306 e. The van der Waals surface area contributed by atoms with E-state index in [1.54, 1.807) is 0 Å². The zero-order chi connectivity index (χ0) is 12.3. The van der Waals surface area contributed by atoms with Crippen LogP contribution in [0.1, 0.15) is 32.1 Å². The minimum Gasteiger partial charge on any atom is -0.481 e. The van der Waals surface area contributed by atoms with Gasteiger partial charge in [0.15, 0.2) is 0 Å².